The standard InChI is InChI=1S/C13H15BrN4/c1-18(9-10-4-2-3-5-12(10)14)13-8-16-11(6-15)7-17-13/h2-5,7-8H,6,9,15H2,1H3. The van der Waals surface area contributed by atoms with Crippen LogP contribution in [0.25, 0.3) is 0 Å². The van der Waals surface area contributed by atoms with E-state index in [1.165, 1.54) is 5.56 Å². The van der Waals surface area contributed by atoms with Crippen LogP contribution in [0.3, 0.4) is 0 Å². The molecular weight excluding hydrogens is 292 g/mol. The predicted octanol–water partition coefficient (Wildman–Crippen LogP) is 2.33. The number of nitrogens with two attached hydrogens (primary N) is 1. The summed E-state index contributed by atoms with van der Waals surface area (Å²) in [5.41, 5.74) is 7.51. The van der Waals surface area contributed by atoms with Crippen molar-refractivity contribution >= 4 is 21.7 Å². The second-order valence-electron chi connectivity index (χ2n) is 4.02. The van der Waals surface area contributed by atoms with Crippen LogP contribution >= 0.6 is 15.9 Å². The molecule has 0 radical (unpaired) electrons. The quantitative estimate of drug-likeness (QED) is 0.942. The van der Waals surface area contributed by atoms with Crippen molar-refractivity contribution in [2.24, 2.45) is 5.73 Å². The van der Waals surface area contributed by atoms with Crippen LogP contribution in [0.15, 0.2) is 41.1 Å². The monoisotopic (exact) mass is 306 g/mol. The zero-order valence-corrected chi connectivity index (χ0v) is 11.8. The van der Waals surface area contributed by atoms with Gasteiger partial charge < -0.3 is 10.6 Å². The Bertz CT molecular complexity index is 513. The van der Waals surface area contributed by atoms with Gasteiger partial charge in [-0.3, -0.25) is 4.98 Å². The molecule has 4 nitrogen and oxygen atoms in total. The van der Waals surface area contributed by atoms with Crippen LogP contribution in [-0.2, 0) is 13.1 Å². The van der Waals surface area contributed by atoms with Crippen LogP contribution in [0.1, 0.15) is 11.3 Å². The molecule has 0 saturated heterocycles. The first kappa shape index (κ1) is 13.0. The smallest absolute Gasteiger partial charge is 0.147 e. The molecule has 0 unspecified atom stereocenters. The summed E-state index contributed by atoms with van der Waals surface area (Å²) in [6.07, 6.45) is 3.46. The lowest BCUT2D eigenvalue weighted by molar-refractivity contribution is 0.871. The highest BCUT2D eigenvalue weighted by Crippen LogP contribution is 2.19. The molecule has 0 spiro atoms. The molecule has 1 aromatic carbocycles. The Balaban J connectivity index is 2.11. The molecule has 94 valence electrons. The second kappa shape index (κ2) is 5.93. The van der Waals surface area contributed by atoms with Crippen LogP contribution in [0.4, 0.5) is 5.82 Å². The molecular formula is C13H15BrN4. The molecule has 0 aliphatic carbocycles. The summed E-state index contributed by atoms with van der Waals surface area (Å²) in [6, 6.07) is 8.15. The van der Waals surface area contributed by atoms with Gasteiger partial charge in [0.15, 0.2) is 0 Å². The van der Waals surface area contributed by atoms with Crippen molar-refractivity contribution in [1.82, 2.24) is 9.97 Å². The van der Waals surface area contributed by atoms with Crippen LogP contribution < -0.4 is 10.6 Å². The average Bonchev–Trinajstić information content (AvgIpc) is 2.41. The zero-order chi connectivity index (χ0) is 13.0. The van der Waals surface area contributed by atoms with Gasteiger partial charge in [-0.2, -0.15) is 0 Å². The van der Waals surface area contributed by atoms with E-state index < -0.39 is 0 Å². The maximum atomic E-state index is 5.50. The molecule has 0 atom stereocenters. The van der Waals surface area contributed by atoms with E-state index in [9.17, 15) is 0 Å². The van der Waals surface area contributed by atoms with Crippen molar-refractivity contribution in [3.05, 3.63) is 52.4 Å². The lowest BCUT2D eigenvalue weighted by Crippen LogP contribution is -2.18. The first-order chi connectivity index (χ1) is 8.70. The van der Waals surface area contributed by atoms with E-state index in [1.54, 1.807) is 12.4 Å². The fraction of sp³-hybridized carbons (Fsp3) is 0.231. The second-order valence-corrected chi connectivity index (χ2v) is 4.87. The van der Waals surface area contributed by atoms with E-state index in [4.69, 9.17) is 5.73 Å². The Morgan fingerprint density at radius 3 is 2.61 bits per heavy atom. The van der Waals surface area contributed by atoms with Gasteiger partial charge in [0, 0.05) is 24.6 Å². The van der Waals surface area contributed by atoms with Crippen molar-refractivity contribution in [3.63, 3.8) is 0 Å². The number of benzene rings is 1. The van der Waals surface area contributed by atoms with E-state index in [-0.39, 0.29) is 0 Å². The fourth-order valence-electron chi connectivity index (χ4n) is 1.61. The van der Waals surface area contributed by atoms with Gasteiger partial charge in [0.2, 0.25) is 0 Å². The predicted molar refractivity (Wildman–Crippen MR) is 76.2 cm³/mol. The summed E-state index contributed by atoms with van der Waals surface area (Å²) >= 11 is 3.54. The number of hydrogen-bond acceptors (Lipinski definition) is 4. The average molecular weight is 307 g/mol. The molecule has 18 heavy (non-hydrogen) atoms. The van der Waals surface area contributed by atoms with Gasteiger partial charge in [-0.1, -0.05) is 34.1 Å². The first-order valence-corrected chi connectivity index (χ1v) is 6.45. The molecule has 1 heterocycles. The van der Waals surface area contributed by atoms with Crippen LogP contribution in [-0.4, -0.2) is 17.0 Å². The van der Waals surface area contributed by atoms with Gasteiger partial charge in [0.1, 0.15) is 5.82 Å². The van der Waals surface area contributed by atoms with E-state index >= 15 is 0 Å². The Labute approximate surface area is 115 Å². The molecule has 2 rings (SSSR count). The van der Waals surface area contributed by atoms with Crippen molar-refractivity contribution in [2.75, 3.05) is 11.9 Å². The van der Waals surface area contributed by atoms with Gasteiger partial charge in [-0.25, -0.2) is 4.98 Å². The fourth-order valence-corrected chi connectivity index (χ4v) is 2.02. The summed E-state index contributed by atoms with van der Waals surface area (Å²) in [7, 11) is 1.99. The molecule has 2 aromatic rings. The summed E-state index contributed by atoms with van der Waals surface area (Å²) in [6.45, 7) is 1.19. The highest BCUT2D eigenvalue weighted by molar-refractivity contribution is 9.10. The number of halogens is 1. The highest BCUT2D eigenvalue weighted by atomic mass is 79.9. The molecule has 0 saturated carbocycles. The largest absolute Gasteiger partial charge is 0.354 e. The van der Waals surface area contributed by atoms with Crippen molar-refractivity contribution < 1.29 is 0 Å². The topological polar surface area (TPSA) is 55.0 Å². The number of nitrogens with zero attached hydrogens (tertiary/aromatic N) is 3. The van der Waals surface area contributed by atoms with Crippen molar-refractivity contribution in [2.45, 2.75) is 13.1 Å². The van der Waals surface area contributed by atoms with Crippen LogP contribution in [0.5, 0.6) is 0 Å². The van der Waals surface area contributed by atoms with Gasteiger partial charge >= 0.3 is 0 Å². The van der Waals surface area contributed by atoms with Crippen molar-refractivity contribution in [1.29, 1.82) is 0 Å². The molecule has 1 aromatic heterocycles. The summed E-state index contributed by atoms with van der Waals surface area (Å²) in [5, 5.41) is 0. The normalized spacial score (nSPS) is 10.4. The first-order valence-electron chi connectivity index (χ1n) is 5.66. The van der Waals surface area contributed by atoms with Gasteiger partial charge in [-0.05, 0) is 11.6 Å². The van der Waals surface area contributed by atoms with Crippen LogP contribution in [0, 0.1) is 0 Å². The third-order valence-corrected chi connectivity index (χ3v) is 3.43. The molecule has 0 aliphatic rings. The molecule has 0 aliphatic heterocycles. The maximum absolute atomic E-state index is 5.50. The number of anilines is 1. The number of rotatable bonds is 4. The van der Waals surface area contributed by atoms with E-state index in [1.807, 2.05) is 30.1 Å². The Morgan fingerprint density at radius 2 is 2.00 bits per heavy atom. The molecule has 0 fully saturated rings. The SMILES string of the molecule is CN(Cc1ccccc1Br)c1cnc(CN)cn1. The van der Waals surface area contributed by atoms with Gasteiger partial charge in [0.05, 0.1) is 18.1 Å². The summed E-state index contributed by atoms with van der Waals surface area (Å²) in [4.78, 5) is 10.6. The Kier molecular flexibility index (Phi) is 4.28. The van der Waals surface area contributed by atoms with Crippen molar-refractivity contribution in [3.8, 4) is 0 Å². The highest BCUT2D eigenvalue weighted by Gasteiger charge is 2.06. The van der Waals surface area contributed by atoms with E-state index in [0.717, 1.165) is 22.5 Å². The minimum Gasteiger partial charge on any atom is -0.354 e. The van der Waals surface area contributed by atoms with E-state index in [2.05, 4.69) is 32.0 Å². The molecule has 2 N–H and O–H groups in total. The third kappa shape index (κ3) is 3.05. The minimum atomic E-state index is 0.418. The molecule has 0 amide bonds. The van der Waals surface area contributed by atoms with E-state index in [0.29, 0.717) is 6.54 Å². The molecule has 0 bridgehead atoms. The lowest BCUT2D eigenvalue weighted by atomic mass is 10.2. The van der Waals surface area contributed by atoms with Gasteiger partial charge in [0.25, 0.3) is 0 Å². The number of aromatic nitrogens is 2. The van der Waals surface area contributed by atoms with Gasteiger partial charge in [-0.15, -0.1) is 0 Å². The van der Waals surface area contributed by atoms with Crippen LogP contribution in [0.2, 0.25) is 0 Å². The third-order valence-electron chi connectivity index (χ3n) is 2.66. The molecule has 5 heteroatoms. The number of hydrogen-bond donors (Lipinski definition) is 1. The Hall–Kier alpha value is -1.46. The minimum absolute atomic E-state index is 0.418. The maximum Gasteiger partial charge on any atom is 0.147 e. The zero-order valence-electron chi connectivity index (χ0n) is 10.2. The summed E-state index contributed by atoms with van der Waals surface area (Å²) < 4.78 is 1.10. The Morgan fingerprint density at radius 1 is 1.22 bits per heavy atom. The summed E-state index contributed by atoms with van der Waals surface area (Å²) in [5.74, 6) is 0.836. The lowest BCUT2D eigenvalue weighted by Gasteiger charge is -2.18.